The first-order valence-electron chi connectivity index (χ1n) is 4.76. The van der Waals surface area contributed by atoms with Gasteiger partial charge in [0.1, 0.15) is 0 Å². The Morgan fingerprint density at radius 3 is 2.08 bits per heavy atom. The van der Waals surface area contributed by atoms with E-state index in [-0.39, 0.29) is 0 Å². The molecule has 0 spiro atoms. The van der Waals surface area contributed by atoms with Crippen LogP contribution in [0.1, 0.15) is 12.8 Å². The topological polar surface area (TPSA) is 53.7 Å². The van der Waals surface area contributed by atoms with Crippen LogP contribution in [0.2, 0.25) is 0 Å². The van der Waals surface area contributed by atoms with Gasteiger partial charge in [0.2, 0.25) is 0 Å². The van der Waals surface area contributed by atoms with Gasteiger partial charge in [0.05, 0.1) is 26.4 Å². The molecule has 0 aromatic carbocycles. The molecule has 4 nitrogen and oxygen atoms in total. The molecule has 0 aromatic rings. The summed E-state index contributed by atoms with van der Waals surface area (Å²) in [4.78, 5) is 0. The molecule has 2 N–H and O–H groups in total. The standard InChI is InChI=1S/C9H21NO3/c1-11-6-7-13-9-8-12-5-3-2-4-10/h2-10H2,1H3. The van der Waals surface area contributed by atoms with Crippen LogP contribution in [0.5, 0.6) is 0 Å². The van der Waals surface area contributed by atoms with E-state index in [1.165, 1.54) is 0 Å². The first-order chi connectivity index (χ1) is 6.41. The molecule has 80 valence electrons. The number of ether oxygens (including phenoxy) is 3. The summed E-state index contributed by atoms with van der Waals surface area (Å²) in [6, 6.07) is 0. The monoisotopic (exact) mass is 191 g/mol. The Morgan fingerprint density at radius 1 is 0.846 bits per heavy atom. The van der Waals surface area contributed by atoms with Crippen LogP contribution >= 0.6 is 0 Å². The largest absolute Gasteiger partial charge is 0.382 e. The van der Waals surface area contributed by atoms with Crippen molar-refractivity contribution in [3.63, 3.8) is 0 Å². The second kappa shape index (κ2) is 11.8. The molecule has 0 bridgehead atoms. The van der Waals surface area contributed by atoms with Gasteiger partial charge < -0.3 is 19.9 Å². The van der Waals surface area contributed by atoms with Crippen LogP contribution < -0.4 is 5.73 Å². The van der Waals surface area contributed by atoms with Crippen LogP contribution in [0.3, 0.4) is 0 Å². The fraction of sp³-hybridized carbons (Fsp3) is 1.00. The predicted octanol–water partition coefficient (Wildman–Crippen LogP) is 0.405. The van der Waals surface area contributed by atoms with E-state index in [0.717, 1.165) is 26.0 Å². The minimum absolute atomic E-state index is 0.642. The highest BCUT2D eigenvalue weighted by Gasteiger charge is 1.89. The SMILES string of the molecule is COCCOCCOCCCCN. The van der Waals surface area contributed by atoms with Crippen LogP contribution in [0, 0.1) is 0 Å². The molecular formula is C9H21NO3. The Morgan fingerprint density at radius 2 is 1.46 bits per heavy atom. The lowest BCUT2D eigenvalue weighted by Crippen LogP contribution is -2.09. The molecule has 4 heteroatoms. The smallest absolute Gasteiger partial charge is 0.0701 e. The van der Waals surface area contributed by atoms with E-state index < -0.39 is 0 Å². The number of nitrogens with two attached hydrogens (primary N) is 1. The van der Waals surface area contributed by atoms with Crippen molar-refractivity contribution < 1.29 is 14.2 Å². The average molecular weight is 191 g/mol. The maximum atomic E-state index is 5.33. The van der Waals surface area contributed by atoms with Gasteiger partial charge in [0.15, 0.2) is 0 Å². The van der Waals surface area contributed by atoms with Gasteiger partial charge in [0, 0.05) is 13.7 Å². The van der Waals surface area contributed by atoms with Crippen molar-refractivity contribution in [3.8, 4) is 0 Å². The summed E-state index contributed by atoms with van der Waals surface area (Å²) in [5.41, 5.74) is 5.33. The summed E-state index contributed by atoms with van der Waals surface area (Å²) < 4.78 is 15.3. The predicted molar refractivity (Wildman–Crippen MR) is 51.8 cm³/mol. The zero-order valence-corrected chi connectivity index (χ0v) is 8.46. The Balaban J connectivity index is 2.76. The van der Waals surface area contributed by atoms with Crippen LogP contribution in [0.4, 0.5) is 0 Å². The van der Waals surface area contributed by atoms with Gasteiger partial charge in [0.25, 0.3) is 0 Å². The normalized spacial score (nSPS) is 10.6. The Hall–Kier alpha value is -0.160. The lowest BCUT2D eigenvalue weighted by Gasteiger charge is -2.04. The van der Waals surface area contributed by atoms with E-state index in [1.54, 1.807) is 7.11 Å². The van der Waals surface area contributed by atoms with Crippen LogP contribution in [0.15, 0.2) is 0 Å². The van der Waals surface area contributed by atoms with Crippen molar-refractivity contribution in [2.24, 2.45) is 5.73 Å². The van der Waals surface area contributed by atoms with Gasteiger partial charge in [-0.15, -0.1) is 0 Å². The quantitative estimate of drug-likeness (QED) is 0.508. The Bertz CT molecular complexity index is 80.9. The fourth-order valence-corrected chi connectivity index (χ4v) is 0.813. The number of rotatable bonds is 10. The number of methoxy groups -OCH3 is 1. The molecule has 0 unspecified atom stereocenters. The summed E-state index contributed by atoms with van der Waals surface area (Å²) in [6.45, 7) is 4.12. The third-order valence-electron chi connectivity index (χ3n) is 1.55. The molecule has 0 aliphatic heterocycles. The number of hydrogen-bond donors (Lipinski definition) is 1. The fourth-order valence-electron chi connectivity index (χ4n) is 0.813. The lowest BCUT2D eigenvalue weighted by atomic mass is 10.3. The zero-order chi connectivity index (χ0) is 9.78. The lowest BCUT2D eigenvalue weighted by molar-refractivity contribution is 0.0241. The summed E-state index contributed by atoms with van der Waals surface area (Å²) >= 11 is 0. The van der Waals surface area contributed by atoms with E-state index in [9.17, 15) is 0 Å². The van der Waals surface area contributed by atoms with E-state index >= 15 is 0 Å². The first kappa shape index (κ1) is 12.8. The molecule has 0 fully saturated rings. The molecular weight excluding hydrogens is 170 g/mol. The molecule has 0 heterocycles. The summed E-state index contributed by atoms with van der Waals surface area (Å²) in [5, 5.41) is 0. The highest BCUT2D eigenvalue weighted by atomic mass is 16.5. The average Bonchev–Trinajstić information content (AvgIpc) is 2.16. The van der Waals surface area contributed by atoms with Crippen LogP contribution in [-0.4, -0.2) is 46.7 Å². The minimum Gasteiger partial charge on any atom is -0.382 e. The van der Waals surface area contributed by atoms with Gasteiger partial charge >= 0.3 is 0 Å². The molecule has 0 atom stereocenters. The molecule has 13 heavy (non-hydrogen) atoms. The second-order valence-corrected chi connectivity index (χ2v) is 2.71. The van der Waals surface area contributed by atoms with Crippen molar-refractivity contribution in [1.82, 2.24) is 0 Å². The highest BCUT2D eigenvalue weighted by Crippen LogP contribution is 1.87. The van der Waals surface area contributed by atoms with Crippen molar-refractivity contribution >= 4 is 0 Å². The molecule has 0 aromatic heterocycles. The molecule has 0 saturated carbocycles. The zero-order valence-electron chi connectivity index (χ0n) is 8.46. The van der Waals surface area contributed by atoms with Crippen molar-refractivity contribution in [2.45, 2.75) is 12.8 Å². The Kier molecular flexibility index (Phi) is 11.7. The van der Waals surface area contributed by atoms with Crippen molar-refractivity contribution in [1.29, 1.82) is 0 Å². The van der Waals surface area contributed by atoms with Crippen molar-refractivity contribution in [3.05, 3.63) is 0 Å². The number of unbranched alkanes of at least 4 members (excludes halogenated alkanes) is 1. The third-order valence-corrected chi connectivity index (χ3v) is 1.55. The molecule has 0 aliphatic rings. The molecule has 0 aliphatic carbocycles. The van der Waals surface area contributed by atoms with E-state index in [1.807, 2.05) is 0 Å². The van der Waals surface area contributed by atoms with Gasteiger partial charge in [-0.3, -0.25) is 0 Å². The van der Waals surface area contributed by atoms with Gasteiger partial charge in [-0.2, -0.15) is 0 Å². The summed E-state index contributed by atoms with van der Waals surface area (Å²) in [5.74, 6) is 0. The molecule has 0 saturated heterocycles. The van der Waals surface area contributed by atoms with Crippen LogP contribution in [-0.2, 0) is 14.2 Å². The molecule has 0 radical (unpaired) electrons. The van der Waals surface area contributed by atoms with E-state index in [0.29, 0.717) is 26.4 Å². The van der Waals surface area contributed by atoms with Gasteiger partial charge in [-0.05, 0) is 19.4 Å². The molecule has 0 rings (SSSR count). The van der Waals surface area contributed by atoms with Crippen molar-refractivity contribution in [2.75, 3.05) is 46.7 Å². The highest BCUT2D eigenvalue weighted by molar-refractivity contribution is 4.39. The maximum Gasteiger partial charge on any atom is 0.0701 e. The van der Waals surface area contributed by atoms with E-state index in [2.05, 4.69) is 0 Å². The molecule has 0 amide bonds. The van der Waals surface area contributed by atoms with Gasteiger partial charge in [-0.1, -0.05) is 0 Å². The van der Waals surface area contributed by atoms with Crippen LogP contribution in [0.25, 0.3) is 0 Å². The maximum absolute atomic E-state index is 5.33. The van der Waals surface area contributed by atoms with Gasteiger partial charge in [-0.25, -0.2) is 0 Å². The Labute approximate surface area is 80.3 Å². The van der Waals surface area contributed by atoms with E-state index in [4.69, 9.17) is 19.9 Å². The second-order valence-electron chi connectivity index (χ2n) is 2.71. The third kappa shape index (κ3) is 11.8. The number of hydrogen-bond acceptors (Lipinski definition) is 4. The summed E-state index contributed by atoms with van der Waals surface area (Å²) in [7, 11) is 1.66. The summed E-state index contributed by atoms with van der Waals surface area (Å²) in [6.07, 6.45) is 2.07. The first-order valence-corrected chi connectivity index (χ1v) is 4.76. The minimum atomic E-state index is 0.642.